The zero-order chi connectivity index (χ0) is 23.8. The van der Waals surface area contributed by atoms with Gasteiger partial charge in [0.05, 0.1) is 5.35 Å². The Morgan fingerprint density at radius 1 is 1.09 bits per heavy atom. The van der Waals surface area contributed by atoms with E-state index in [1.165, 1.54) is 93.2 Å². The predicted octanol–water partition coefficient (Wildman–Crippen LogP) is 6.57. The number of H-pyrrole nitrogens is 1. The second-order valence-electron chi connectivity index (χ2n) is 9.73. The number of ether oxygens (including phenoxy) is 1. The summed E-state index contributed by atoms with van der Waals surface area (Å²) in [5.41, 5.74) is 2.79. The van der Waals surface area contributed by atoms with Crippen molar-refractivity contribution in [1.82, 2.24) is 4.98 Å². The Morgan fingerprint density at radius 2 is 1.82 bits per heavy atom. The lowest BCUT2D eigenvalue weighted by molar-refractivity contribution is 0.0657. The van der Waals surface area contributed by atoms with Crippen LogP contribution in [0.15, 0.2) is 28.7 Å². The SMILES string of the molecule is CCCCCCCCCCCCC1C=CC(Oc2ccc(C(=O)O)o2)=c2[nH]c3c(c21)CCCC=3. The van der Waals surface area contributed by atoms with Crippen LogP contribution in [0.4, 0.5) is 0 Å². The molecule has 0 aliphatic heterocycles. The number of furan rings is 1. The standard InChI is InChI=1S/C29H39NO4/c1-2-3-4-5-6-7-8-9-10-11-14-21-17-18-24(33-26-20-19-25(34-26)29(31)32)28-27(21)22-15-12-13-16-23(22)30-28/h16-21,30H,2-15H2,1H3,(H,31,32). The van der Waals surface area contributed by atoms with Gasteiger partial charge in [0.2, 0.25) is 5.76 Å². The number of carbonyl (C=O) groups is 1. The predicted molar refractivity (Wildman–Crippen MR) is 135 cm³/mol. The largest absolute Gasteiger partial charge is 0.475 e. The lowest BCUT2D eigenvalue weighted by atomic mass is 9.86. The van der Waals surface area contributed by atoms with Gasteiger partial charge in [-0.15, -0.1) is 0 Å². The first kappa shape index (κ1) is 24.4. The Labute approximate surface area is 202 Å². The highest BCUT2D eigenvalue weighted by atomic mass is 16.6. The molecule has 2 aromatic heterocycles. The Kier molecular flexibility index (Phi) is 8.73. The summed E-state index contributed by atoms with van der Waals surface area (Å²) in [4.78, 5) is 14.7. The molecule has 2 aromatic rings. The highest BCUT2D eigenvalue weighted by Crippen LogP contribution is 2.30. The number of fused-ring (bicyclic) bond motifs is 3. The fourth-order valence-electron chi connectivity index (χ4n) is 5.30. The lowest BCUT2D eigenvalue weighted by Crippen LogP contribution is -2.22. The number of aromatic carboxylic acids is 1. The van der Waals surface area contributed by atoms with Crippen molar-refractivity contribution in [2.24, 2.45) is 0 Å². The van der Waals surface area contributed by atoms with E-state index in [1.54, 1.807) is 6.07 Å². The van der Waals surface area contributed by atoms with E-state index in [2.05, 4.69) is 24.1 Å². The average molecular weight is 466 g/mol. The second-order valence-corrected chi connectivity index (χ2v) is 9.73. The molecule has 2 aliphatic carbocycles. The van der Waals surface area contributed by atoms with E-state index in [9.17, 15) is 4.79 Å². The van der Waals surface area contributed by atoms with E-state index in [-0.39, 0.29) is 11.7 Å². The van der Waals surface area contributed by atoms with Gasteiger partial charge in [0.1, 0.15) is 0 Å². The van der Waals surface area contributed by atoms with Crippen LogP contribution in [0.3, 0.4) is 0 Å². The van der Waals surface area contributed by atoms with Gasteiger partial charge in [0, 0.05) is 17.3 Å². The molecule has 34 heavy (non-hydrogen) atoms. The molecule has 4 rings (SSSR count). The fourth-order valence-corrected chi connectivity index (χ4v) is 5.30. The summed E-state index contributed by atoms with van der Waals surface area (Å²) in [6, 6.07) is 2.99. The maximum absolute atomic E-state index is 11.1. The van der Waals surface area contributed by atoms with E-state index >= 15 is 0 Å². The zero-order valence-corrected chi connectivity index (χ0v) is 20.5. The Balaban J connectivity index is 1.38. The van der Waals surface area contributed by atoms with Crippen LogP contribution in [-0.4, -0.2) is 16.1 Å². The minimum atomic E-state index is -1.10. The average Bonchev–Trinajstić information content (AvgIpc) is 3.47. The molecule has 0 saturated heterocycles. The van der Waals surface area contributed by atoms with E-state index in [0.29, 0.717) is 11.7 Å². The van der Waals surface area contributed by atoms with Crippen molar-refractivity contribution >= 4 is 17.8 Å². The van der Waals surface area contributed by atoms with Gasteiger partial charge < -0.3 is 19.2 Å². The third-order valence-electron chi connectivity index (χ3n) is 7.13. The summed E-state index contributed by atoms with van der Waals surface area (Å²) >= 11 is 0. The van der Waals surface area contributed by atoms with Gasteiger partial charge in [-0.3, -0.25) is 0 Å². The smallest absolute Gasteiger partial charge is 0.371 e. The normalized spacial score (nSPS) is 16.7. The summed E-state index contributed by atoms with van der Waals surface area (Å²) < 4.78 is 11.3. The molecular formula is C29H39NO4. The van der Waals surface area contributed by atoms with Gasteiger partial charge in [0.25, 0.3) is 5.95 Å². The van der Waals surface area contributed by atoms with E-state index in [1.807, 2.05) is 6.08 Å². The van der Waals surface area contributed by atoms with Crippen molar-refractivity contribution in [1.29, 1.82) is 0 Å². The van der Waals surface area contributed by atoms with Gasteiger partial charge in [0.15, 0.2) is 5.76 Å². The van der Waals surface area contributed by atoms with Crippen molar-refractivity contribution < 1.29 is 19.1 Å². The highest BCUT2D eigenvalue weighted by Gasteiger charge is 2.24. The molecule has 5 heteroatoms. The maximum atomic E-state index is 11.1. The van der Waals surface area contributed by atoms with Crippen LogP contribution in [0, 0.1) is 0 Å². The van der Waals surface area contributed by atoms with Crippen LogP contribution in [-0.2, 0) is 6.42 Å². The van der Waals surface area contributed by atoms with Gasteiger partial charge in [-0.1, -0.05) is 83.3 Å². The molecule has 1 unspecified atom stereocenters. The topological polar surface area (TPSA) is 75.5 Å². The van der Waals surface area contributed by atoms with Crippen molar-refractivity contribution in [3.63, 3.8) is 0 Å². The third kappa shape index (κ3) is 6.05. The number of unbranched alkanes of at least 4 members (excludes halogenated alkanes) is 9. The molecular weight excluding hydrogens is 426 g/mol. The number of aromatic amines is 1. The zero-order valence-electron chi connectivity index (χ0n) is 20.5. The quantitative estimate of drug-likeness (QED) is 0.309. The molecule has 2 N–H and O–H groups in total. The molecule has 0 amide bonds. The van der Waals surface area contributed by atoms with Crippen LogP contribution in [0.5, 0.6) is 5.95 Å². The van der Waals surface area contributed by atoms with Crippen molar-refractivity contribution in [2.75, 3.05) is 0 Å². The molecule has 0 spiro atoms. The lowest BCUT2D eigenvalue weighted by Gasteiger charge is -2.19. The number of hydrogen-bond donors (Lipinski definition) is 2. The van der Waals surface area contributed by atoms with Crippen LogP contribution in [0.2, 0.25) is 0 Å². The first-order valence-corrected chi connectivity index (χ1v) is 13.3. The summed E-state index contributed by atoms with van der Waals surface area (Å²) in [6.45, 7) is 2.27. The molecule has 184 valence electrons. The molecule has 0 fully saturated rings. The molecule has 2 heterocycles. The van der Waals surface area contributed by atoms with Crippen LogP contribution < -0.4 is 15.4 Å². The number of allylic oxidation sites excluding steroid dienone is 1. The van der Waals surface area contributed by atoms with Crippen molar-refractivity contribution in [3.8, 4) is 5.95 Å². The number of carboxylic acids is 1. The first-order chi connectivity index (χ1) is 16.7. The molecule has 2 aliphatic rings. The monoisotopic (exact) mass is 465 g/mol. The summed E-state index contributed by atoms with van der Waals surface area (Å²) in [5, 5.41) is 11.4. The summed E-state index contributed by atoms with van der Waals surface area (Å²) in [7, 11) is 0. The van der Waals surface area contributed by atoms with Crippen molar-refractivity contribution in [2.45, 2.75) is 103 Å². The summed E-state index contributed by atoms with van der Waals surface area (Å²) in [5.74, 6) is 0.0833. The van der Waals surface area contributed by atoms with Crippen LogP contribution in [0.1, 0.15) is 118 Å². The summed E-state index contributed by atoms with van der Waals surface area (Å²) in [6.07, 6.45) is 24.6. The van der Waals surface area contributed by atoms with Crippen LogP contribution in [0.25, 0.3) is 11.8 Å². The number of rotatable bonds is 14. The van der Waals surface area contributed by atoms with E-state index < -0.39 is 5.97 Å². The van der Waals surface area contributed by atoms with Gasteiger partial charge in [-0.2, -0.15) is 0 Å². The second kappa shape index (κ2) is 12.1. The highest BCUT2D eigenvalue weighted by molar-refractivity contribution is 5.84. The first-order valence-electron chi connectivity index (χ1n) is 13.3. The fraction of sp³-hybridized carbons (Fsp3) is 0.552. The van der Waals surface area contributed by atoms with Gasteiger partial charge in [-0.25, -0.2) is 4.79 Å². The van der Waals surface area contributed by atoms with Crippen molar-refractivity contribution in [3.05, 3.63) is 51.9 Å². The molecule has 0 radical (unpaired) electrons. The Morgan fingerprint density at radius 3 is 2.53 bits per heavy atom. The van der Waals surface area contributed by atoms with Crippen LogP contribution >= 0.6 is 0 Å². The molecule has 0 saturated carbocycles. The Bertz CT molecular complexity index is 1100. The maximum Gasteiger partial charge on any atom is 0.371 e. The number of nitrogens with one attached hydrogen (secondary N) is 1. The van der Waals surface area contributed by atoms with Gasteiger partial charge in [-0.05, 0) is 49.0 Å². The van der Waals surface area contributed by atoms with E-state index in [0.717, 1.165) is 24.6 Å². The molecule has 1 atom stereocenters. The minimum Gasteiger partial charge on any atom is -0.475 e. The van der Waals surface area contributed by atoms with E-state index in [4.69, 9.17) is 14.3 Å². The van der Waals surface area contributed by atoms with Gasteiger partial charge >= 0.3 is 5.97 Å². The number of aromatic nitrogens is 1. The Hall–Kier alpha value is -2.69. The molecule has 0 bridgehead atoms. The molecule has 0 aromatic carbocycles. The number of hydrogen-bond acceptors (Lipinski definition) is 3. The minimum absolute atomic E-state index is 0.117. The third-order valence-corrected chi connectivity index (χ3v) is 7.13. The number of carboxylic acid groups (broad SMARTS) is 1. The molecule has 5 nitrogen and oxygen atoms in total.